The molecular formula is C17H18ClN3O. The Morgan fingerprint density at radius 2 is 2.27 bits per heavy atom. The Hall–Kier alpha value is -1.96. The maximum absolute atomic E-state index is 8.96. The maximum Gasteiger partial charge on any atom is 0.106 e. The van der Waals surface area contributed by atoms with E-state index in [9.17, 15) is 0 Å². The zero-order valence-corrected chi connectivity index (χ0v) is 13.2. The van der Waals surface area contributed by atoms with Crippen molar-refractivity contribution in [1.82, 2.24) is 5.32 Å². The van der Waals surface area contributed by atoms with Crippen LogP contribution in [0.3, 0.4) is 0 Å². The molecule has 2 aromatic rings. The lowest BCUT2D eigenvalue weighted by Gasteiger charge is -2.30. The zero-order chi connectivity index (χ0) is 15.6. The lowest BCUT2D eigenvalue weighted by atomic mass is 9.92. The average molecular weight is 316 g/mol. The van der Waals surface area contributed by atoms with Crippen molar-refractivity contribution in [3.63, 3.8) is 0 Å². The first kappa shape index (κ1) is 15.0. The molecule has 5 heteroatoms. The van der Waals surface area contributed by atoms with Crippen LogP contribution in [0.2, 0.25) is 5.02 Å². The summed E-state index contributed by atoms with van der Waals surface area (Å²) >= 11 is 6.13. The van der Waals surface area contributed by atoms with Gasteiger partial charge in [0.1, 0.15) is 17.6 Å². The molecule has 114 valence electrons. The lowest BCUT2D eigenvalue weighted by molar-refractivity contribution is 0.417. The molecule has 1 aromatic heterocycles. The van der Waals surface area contributed by atoms with E-state index in [4.69, 9.17) is 21.3 Å². The first-order valence-corrected chi connectivity index (χ1v) is 7.72. The first-order valence-electron chi connectivity index (χ1n) is 7.34. The molecule has 0 amide bonds. The van der Waals surface area contributed by atoms with Crippen LogP contribution in [0.25, 0.3) is 0 Å². The highest BCUT2D eigenvalue weighted by Crippen LogP contribution is 2.29. The van der Waals surface area contributed by atoms with E-state index in [-0.39, 0.29) is 5.54 Å². The van der Waals surface area contributed by atoms with E-state index in [1.165, 1.54) is 0 Å². The number of nitriles is 1. The molecule has 1 aliphatic rings. The SMILES string of the molecule is Cc1ccc(C[C@@]2(Nc3ccc(C#N)c(Cl)c3)CCNC2)o1. The number of hydrogen-bond donors (Lipinski definition) is 2. The van der Waals surface area contributed by atoms with Gasteiger partial charge in [0, 0.05) is 18.7 Å². The first-order chi connectivity index (χ1) is 10.6. The van der Waals surface area contributed by atoms with Gasteiger partial charge in [-0.3, -0.25) is 0 Å². The molecule has 0 aliphatic carbocycles. The highest BCUT2D eigenvalue weighted by molar-refractivity contribution is 6.32. The minimum absolute atomic E-state index is 0.0955. The van der Waals surface area contributed by atoms with Crippen LogP contribution in [-0.2, 0) is 6.42 Å². The summed E-state index contributed by atoms with van der Waals surface area (Å²) in [6.45, 7) is 3.79. The maximum atomic E-state index is 8.96. The molecule has 1 fully saturated rings. The lowest BCUT2D eigenvalue weighted by Crippen LogP contribution is -2.42. The second-order valence-electron chi connectivity index (χ2n) is 5.83. The Morgan fingerprint density at radius 1 is 1.41 bits per heavy atom. The van der Waals surface area contributed by atoms with Crippen LogP contribution in [0.5, 0.6) is 0 Å². The predicted molar refractivity (Wildman–Crippen MR) is 87.2 cm³/mol. The van der Waals surface area contributed by atoms with Crippen LogP contribution in [0.15, 0.2) is 34.7 Å². The van der Waals surface area contributed by atoms with Crippen LogP contribution in [0.4, 0.5) is 5.69 Å². The van der Waals surface area contributed by atoms with Crippen molar-refractivity contribution in [3.8, 4) is 6.07 Å². The quantitative estimate of drug-likeness (QED) is 0.906. The minimum Gasteiger partial charge on any atom is -0.466 e. The highest BCUT2D eigenvalue weighted by atomic mass is 35.5. The highest BCUT2D eigenvalue weighted by Gasteiger charge is 2.35. The van der Waals surface area contributed by atoms with E-state index in [0.29, 0.717) is 10.6 Å². The van der Waals surface area contributed by atoms with Gasteiger partial charge in [0.2, 0.25) is 0 Å². The van der Waals surface area contributed by atoms with Gasteiger partial charge in [-0.2, -0.15) is 5.26 Å². The second kappa shape index (κ2) is 6.04. The summed E-state index contributed by atoms with van der Waals surface area (Å²) in [5.41, 5.74) is 1.32. The van der Waals surface area contributed by atoms with Crippen LogP contribution in [0.1, 0.15) is 23.5 Å². The Morgan fingerprint density at radius 3 is 2.86 bits per heavy atom. The number of furan rings is 1. The summed E-state index contributed by atoms with van der Waals surface area (Å²) in [6, 6.07) is 11.6. The fraction of sp³-hybridized carbons (Fsp3) is 0.353. The number of benzene rings is 1. The molecule has 0 spiro atoms. The summed E-state index contributed by atoms with van der Waals surface area (Å²) in [5, 5.41) is 16.4. The third-order valence-corrected chi connectivity index (χ3v) is 4.36. The summed E-state index contributed by atoms with van der Waals surface area (Å²) in [4.78, 5) is 0. The van der Waals surface area contributed by atoms with Crippen molar-refractivity contribution in [2.75, 3.05) is 18.4 Å². The van der Waals surface area contributed by atoms with Crippen LogP contribution in [-0.4, -0.2) is 18.6 Å². The number of anilines is 1. The van der Waals surface area contributed by atoms with Gasteiger partial charge in [0.25, 0.3) is 0 Å². The minimum atomic E-state index is -0.0955. The van der Waals surface area contributed by atoms with Crippen molar-refractivity contribution in [3.05, 3.63) is 52.4 Å². The predicted octanol–water partition coefficient (Wildman–Crippen LogP) is 3.50. The molecule has 2 N–H and O–H groups in total. The fourth-order valence-corrected chi connectivity index (χ4v) is 3.17. The van der Waals surface area contributed by atoms with Crippen molar-refractivity contribution < 1.29 is 4.42 Å². The molecule has 0 bridgehead atoms. The summed E-state index contributed by atoms with van der Waals surface area (Å²) in [5.74, 6) is 1.91. The Kier molecular flexibility index (Phi) is 4.10. The molecule has 4 nitrogen and oxygen atoms in total. The normalized spacial score (nSPS) is 20.8. The van der Waals surface area contributed by atoms with Gasteiger partial charge in [0.05, 0.1) is 16.1 Å². The van der Waals surface area contributed by atoms with Gasteiger partial charge in [0.15, 0.2) is 0 Å². The third-order valence-electron chi connectivity index (χ3n) is 4.05. The van der Waals surface area contributed by atoms with E-state index in [1.54, 1.807) is 6.07 Å². The van der Waals surface area contributed by atoms with E-state index >= 15 is 0 Å². The van der Waals surface area contributed by atoms with Gasteiger partial charge in [-0.15, -0.1) is 0 Å². The van der Waals surface area contributed by atoms with Crippen molar-refractivity contribution in [2.24, 2.45) is 0 Å². The van der Waals surface area contributed by atoms with Gasteiger partial charge >= 0.3 is 0 Å². The Bertz CT molecular complexity index is 711. The van der Waals surface area contributed by atoms with Gasteiger partial charge in [-0.25, -0.2) is 0 Å². The standard InChI is InChI=1S/C17H18ClN3O/c1-12-2-5-15(22-12)9-17(6-7-20-11-17)21-14-4-3-13(10-19)16(18)8-14/h2-5,8,20-21H,6-7,9,11H2,1H3/t17-/m0/s1. The fourth-order valence-electron chi connectivity index (χ4n) is 2.95. The van der Waals surface area contributed by atoms with Gasteiger partial charge < -0.3 is 15.1 Å². The number of nitrogens with one attached hydrogen (secondary N) is 2. The molecule has 0 radical (unpaired) electrons. The van der Waals surface area contributed by atoms with Crippen molar-refractivity contribution >= 4 is 17.3 Å². The number of rotatable bonds is 4. The molecule has 1 aliphatic heterocycles. The molecule has 1 saturated heterocycles. The van der Waals surface area contributed by atoms with Gasteiger partial charge in [-0.05, 0) is 50.2 Å². The molecule has 2 heterocycles. The monoisotopic (exact) mass is 315 g/mol. The largest absolute Gasteiger partial charge is 0.466 e. The number of halogens is 1. The molecule has 1 aromatic carbocycles. The summed E-state index contributed by atoms with van der Waals surface area (Å²) in [7, 11) is 0. The van der Waals surface area contributed by atoms with Crippen molar-refractivity contribution in [1.29, 1.82) is 5.26 Å². The van der Waals surface area contributed by atoms with E-state index in [1.807, 2.05) is 31.2 Å². The molecule has 0 saturated carbocycles. The summed E-state index contributed by atoms with van der Waals surface area (Å²) in [6.07, 6.45) is 1.82. The Balaban J connectivity index is 1.82. The number of hydrogen-bond acceptors (Lipinski definition) is 4. The Labute approximate surface area is 135 Å². The second-order valence-corrected chi connectivity index (χ2v) is 6.23. The molecule has 3 rings (SSSR count). The smallest absolute Gasteiger partial charge is 0.106 e. The molecule has 1 atom stereocenters. The number of nitrogens with zero attached hydrogens (tertiary/aromatic N) is 1. The molecule has 22 heavy (non-hydrogen) atoms. The van der Waals surface area contributed by atoms with Crippen LogP contribution >= 0.6 is 11.6 Å². The third kappa shape index (κ3) is 3.11. The van der Waals surface area contributed by atoms with Crippen molar-refractivity contribution in [2.45, 2.75) is 25.3 Å². The van der Waals surface area contributed by atoms with E-state index < -0.39 is 0 Å². The average Bonchev–Trinajstić information content (AvgIpc) is 3.09. The number of aryl methyl sites for hydroxylation is 1. The van der Waals surface area contributed by atoms with Crippen LogP contribution < -0.4 is 10.6 Å². The van der Waals surface area contributed by atoms with Gasteiger partial charge in [-0.1, -0.05) is 11.6 Å². The topological polar surface area (TPSA) is 61.0 Å². The van der Waals surface area contributed by atoms with E-state index in [2.05, 4.69) is 16.7 Å². The molecular weight excluding hydrogens is 298 g/mol. The summed E-state index contributed by atoms with van der Waals surface area (Å²) < 4.78 is 5.73. The van der Waals surface area contributed by atoms with E-state index in [0.717, 1.165) is 43.1 Å². The van der Waals surface area contributed by atoms with Crippen LogP contribution in [0, 0.1) is 18.3 Å². The zero-order valence-electron chi connectivity index (χ0n) is 12.4. The molecule has 0 unspecified atom stereocenters.